The van der Waals surface area contributed by atoms with Crippen molar-refractivity contribution in [3.8, 4) is 5.88 Å². The molecule has 0 bridgehead atoms. The van der Waals surface area contributed by atoms with E-state index in [-0.39, 0.29) is 39.1 Å². The van der Waals surface area contributed by atoms with Gasteiger partial charge in [-0.1, -0.05) is 5.16 Å². The molecular formula is C22H24N7O9S3+. The van der Waals surface area contributed by atoms with Gasteiger partial charge in [0, 0.05) is 16.9 Å². The Morgan fingerprint density at radius 2 is 2.07 bits per heavy atom. The van der Waals surface area contributed by atoms with Gasteiger partial charge in [-0.15, -0.1) is 23.1 Å². The fraction of sp³-hybridized carbons (Fsp3) is 0.364. The van der Waals surface area contributed by atoms with Crippen LogP contribution in [-0.4, -0.2) is 88.2 Å². The van der Waals surface area contributed by atoms with Gasteiger partial charge in [-0.3, -0.25) is 14.5 Å². The number of carboxylic acid groups (broad SMARTS) is 2. The summed E-state index contributed by atoms with van der Waals surface area (Å²) in [4.78, 5) is 74.3. The molecule has 0 aliphatic carbocycles. The highest BCUT2D eigenvalue weighted by Crippen LogP contribution is 2.41. The van der Waals surface area contributed by atoms with Crippen molar-refractivity contribution in [1.29, 1.82) is 0 Å². The molecule has 2 aliphatic heterocycles. The van der Waals surface area contributed by atoms with Crippen LogP contribution in [0.25, 0.3) is 0 Å². The monoisotopic (exact) mass is 626 g/mol. The maximum Gasteiger partial charge on any atom is 0.352 e. The minimum atomic E-state index is -1.78. The first-order valence-corrected chi connectivity index (χ1v) is 14.5. The summed E-state index contributed by atoms with van der Waals surface area (Å²) in [6.07, 6.45) is 0. The van der Waals surface area contributed by atoms with Gasteiger partial charge in [0.05, 0.1) is 7.05 Å². The Morgan fingerprint density at radius 1 is 1.37 bits per heavy atom. The highest BCUT2D eigenvalue weighted by atomic mass is 32.2. The second-order valence-electron chi connectivity index (χ2n) is 9.18. The van der Waals surface area contributed by atoms with Crippen molar-refractivity contribution < 1.29 is 43.9 Å². The van der Waals surface area contributed by atoms with Crippen molar-refractivity contribution in [3.05, 3.63) is 38.8 Å². The second-order valence-corrected chi connectivity index (χ2v) is 12.1. The van der Waals surface area contributed by atoms with Crippen molar-refractivity contribution in [2.45, 2.75) is 36.0 Å². The lowest BCUT2D eigenvalue weighted by molar-refractivity contribution is -0.718. The third-order valence-electron chi connectivity index (χ3n) is 5.92. The van der Waals surface area contributed by atoms with Crippen LogP contribution in [0.3, 0.4) is 0 Å². The summed E-state index contributed by atoms with van der Waals surface area (Å²) in [5.41, 5.74) is 3.08. The number of aromatic amines is 1. The molecule has 41 heavy (non-hydrogen) atoms. The number of oxime groups is 1. The van der Waals surface area contributed by atoms with Crippen molar-refractivity contribution in [2.75, 3.05) is 17.2 Å². The SMILES string of the molecule is C[n+]1c(O)cc(=O)[nH]c1SCC1=C(C(=O)O)N2C(=O)[C@@H](NC(=O)/C(=N/OC(C)(C)C(=O)O)c3csc(N)n3)[C@H]2SC1. The second kappa shape index (κ2) is 11.4. The topological polar surface area (TPSA) is 241 Å². The van der Waals surface area contributed by atoms with Crippen LogP contribution in [0.5, 0.6) is 5.88 Å². The van der Waals surface area contributed by atoms with E-state index in [4.69, 9.17) is 10.6 Å². The number of carboxylic acids is 2. The van der Waals surface area contributed by atoms with E-state index >= 15 is 0 Å². The normalized spacial score (nSPS) is 19.0. The number of thioether (sulfide) groups is 2. The Morgan fingerprint density at radius 3 is 2.68 bits per heavy atom. The molecule has 16 nitrogen and oxygen atoms in total. The molecule has 19 heteroatoms. The molecule has 0 aromatic carbocycles. The van der Waals surface area contributed by atoms with Gasteiger partial charge in [0.15, 0.2) is 10.8 Å². The van der Waals surface area contributed by atoms with Gasteiger partial charge in [-0.25, -0.2) is 24.4 Å². The smallest absolute Gasteiger partial charge is 0.352 e. The number of amides is 2. The zero-order chi connectivity index (χ0) is 30.2. The molecule has 1 fully saturated rings. The van der Waals surface area contributed by atoms with Gasteiger partial charge in [-0.05, 0) is 31.2 Å². The predicted octanol–water partition coefficient (Wildman–Crippen LogP) is -0.941. The third kappa shape index (κ3) is 6.00. The first-order valence-electron chi connectivity index (χ1n) is 11.6. The van der Waals surface area contributed by atoms with Crippen LogP contribution in [0.15, 0.2) is 37.8 Å². The number of carbonyl (C=O) groups excluding carboxylic acids is 2. The average molecular weight is 627 g/mol. The fourth-order valence-corrected chi connectivity index (χ4v) is 6.67. The lowest BCUT2D eigenvalue weighted by Crippen LogP contribution is -2.71. The van der Waals surface area contributed by atoms with Crippen molar-refractivity contribution in [1.82, 2.24) is 20.2 Å². The van der Waals surface area contributed by atoms with E-state index in [1.165, 1.54) is 42.6 Å². The summed E-state index contributed by atoms with van der Waals surface area (Å²) < 4.78 is 1.32. The molecule has 4 rings (SSSR count). The number of nitrogens with zero attached hydrogens (tertiary/aromatic N) is 4. The van der Waals surface area contributed by atoms with Gasteiger partial charge >= 0.3 is 22.7 Å². The quantitative estimate of drug-likeness (QED) is 0.0466. The molecule has 0 saturated carbocycles. The lowest BCUT2D eigenvalue weighted by Gasteiger charge is -2.49. The number of nitrogens with two attached hydrogens (primary N) is 1. The minimum absolute atomic E-state index is 0.00491. The van der Waals surface area contributed by atoms with Gasteiger partial charge in [0.1, 0.15) is 28.9 Å². The molecule has 4 heterocycles. The molecule has 0 unspecified atom stereocenters. The van der Waals surface area contributed by atoms with E-state index in [0.29, 0.717) is 5.57 Å². The Balaban J connectivity index is 1.54. The van der Waals surface area contributed by atoms with Gasteiger partial charge in [0.2, 0.25) is 5.60 Å². The molecule has 2 atom stereocenters. The van der Waals surface area contributed by atoms with E-state index in [9.17, 15) is 39.3 Å². The van der Waals surface area contributed by atoms with E-state index in [1.807, 2.05) is 0 Å². The molecule has 0 spiro atoms. The number of nitrogens with one attached hydrogen (secondary N) is 2. The van der Waals surface area contributed by atoms with E-state index in [1.54, 1.807) is 0 Å². The lowest BCUT2D eigenvalue weighted by atomic mass is 10.0. The van der Waals surface area contributed by atoms with Crippen LogP contribution in [0.2, 0.25) is 0 Å². The summed E-state index contributed by atoms with van der Waals surface area (Å²) in [5, 5.41) is 36.3. The molecule has 2 amide bonds. The first kappa shape index (κ1) is 29.9. The van der Waals surface area contributed by atoms with E-state index in [2.05, 4.69) is 20.4 Å². The number of anilines is 1. The highest BCUT2D eigenvalue weighted by molar-refractivity contribution is 8.01. The Kier molecular flexibility index (Phi) is 8.31. The van der Waals surface area contributed by atoms with Gasteiger partial charge in [-0.2, -0.15) is 4.57 Å². The van der Waals surface area contributed by atoms with E-state index < -0.39 is 52.0 Å². The van der Waals surface area contributed by atoms with Crippen LogP contribution < -0.4 is 21.2 Å². The fourth-order valence-electron chi connectivity index (χ4n) is 3.64. The molecule has 0 radical (unpaired) electrons. The number of aliphatic carboxylic acids is 2. The summed E-state index contributed by atoms with van der Waals surface area (Å²) in [5.74, 6) is -4.27. The number of fused-ring (bicyclic) bond motifs is 1. The standard InChI is InChI=1S/C22H23N7O9S3/c1-22(2,19(36)37)38-27-12(9-7-40-20(23)24-9)15(32)26-13-16(33)29-14(18(34)35)8(5-39-17(13)29)6-41-21-25-10(30)4-11(31)28(21)3/h4,7,13,17H,5-6H2,1-3H3,(H6,23,24,26,30,31,32,34,35,36,37)/p+1/b27-12+/t13-,17-/m1/s1. The number of nitrogen functional groups attached to an aromatic ring is 1. The zero-order valence-electron chi connectivity index (χ0n) is 21.6. The van der Waals surface area contributed by atoms with Crippen molar-refractivity contribution in [2.24, 2.45) is 12.2 Å². The number of H-pyrrole nitrogens is 1. The molecule has 2 aromatic rings. The molecule has 7 N–H and O–H groups in total. The van der Waals surface area contributed by atoms with Crippen LogP contribution in [0, 0.1) is 0 Å². The first-order chi connectivity index (χ1) is 19.2. The van der Waals surface area contributed by atoms with E-state index in [0.717, 1.165) is 34.1 Å². The number of aromatic hydroxyl groups is 1. The number of thiazole rings is 1. The number of hydrogen-bond acceptors (Lipinski definition) is 13. The summed E-state index contributed by atoms with van der Waals surface area (Å²) in [6, 6.07) is -0.122. The number of rotatable bonds is 10. The number of carbonyl (C=O) groups is 4. The van der Waals surface area contributed by atoms with Gasteiger partial charge in [0.25, 0.3) is 17.7 Å². The highest BCUT2D eigenvalue weighted by Gasteiger charge is 2.54. The predicted molar refractivity (Wildman–Crippen MR) is 146 cm³/mol. The summed E-state index contributed by atoms with van der Waals surface area (Å²) in [6.45, 7) is 2.45. The van der Waals surface area contributed by atoms with Crippen molar-refractivity contribution in [3.63, 3.8) is 0 Å². The zero-order valence-corrected chi connectivity index (χ0v) is 24.1. The maximum absolute atomic E-state index is 13.2. The van der Waals surface area contributed by atoms with Crippen LogP contribution in [0.4, 0.5) is 5.13 Å². The molecule has 2 aromatic heterocycles. The number of hydrogen-bond donors (Lipinski definition) is 6. The molecule has 218 valence electrons. The molecular weight excluding hydrogens is 602 g/mol. The minimum Gasteiger partial charge on any atom is -0.478 e. The third-order valence-corrected chi connectivity index (χ3v) is 9.07. The molecule has 1 saturated heterocycles. The largest absolute Gasteiger partial charge is 0.478 e. The van der Waals surface area contributed by atoms with Gasteiger partial charge < -0.3 is 31.2 Å². The Labute approximate surface area is 243 Å². The summed E-state index contributed by atoms with van der Waals surface area (Å²) >= 11 is 3.30. The maximum atomic E-state index is 13.2. The molecule has 2 aliphatic rings. The van der Waals surface area contributed by atoms with Crippen LogP contribution in [-0.2, 0) is 31.1 Å². The van der Waals surface area contributed by atoms with Crippen LogP contribution in [0.1, 0.15) is 19.5 Å². The average Bonchev–Trinajstić information content (AvgIpc) is 3.33. The number of aromatic nitrogens is 3. The summed E-state index contributed by atoms with van der Waals surface area (Å²) in [7, 11) is 1.52. The van der Waals surface area contributed by atoms with Crippen molar-refractivity contribution >= 4 is 69.5 Å². The Hall–Kier alpha value is -4.10. The Bertz CT molecular complexity index is 1570. The van der Waals surface area contributed by atoms with Crippen LogP contribution >= 0.6 is 34.9 Å². The number of β-lactam (4-membered cyclic amide) rings is 1.